The number of esters is 1. The summed E-state index contributed by atoms with van der Waals surface area (Å²) < 4.78 is 5.85. The maximum absolute atomic E-state index is 12.5. The summed E-state index contributed by atoms with van der Waals surface area (Å²) in [4.78, 5) is 24.4. The molecule has 3 fully saturated rings. The third-order valence-electron chi connectivity index (χ3n) is 9.85. The second kappa shape index (κ2) is 8.94. The van der Waals surface area contributed by atoms with E-state index in [2.05, 4.69) is 48.5 Å². The first-order valence-electron chi connectivity index (χ1n) is 12.6. The van der Waals surface area contributed by atoms with Gasteiger partial charge in [0.25, 0.3) is 0 Å². The number of aldehydes is 1. The van der Waals surface area contributed by atoms with E-state index in [4.69, 9.17) is 4.74 Å². The largest absolute Gasteiger partial charge is 0.462 e. The predicted octanol–water partition coefficient (Wildman–Crippen LogP) is 6.68. The fraction of sp³-hybridized carbons (Fsp3) is 0.926. The van der Waals surface area contributed by atoms with Crippen molar-refractivity contribution in [3.63, 3.8) is 0 Å². The molecule has 0 aromatic carbocycles. The number of hydrogen-bond donors (Lipinski definition) is 0. The minimum atomic E-state index is -0.0135. The van der Waals surface area contributed by atoms with Gasteiger partial charge < -0.3 is 9.53 Å². The van der Waals surface area contributed by atoms with E-state index >= 15 is 0 Å². The average Bonchev–Trinajstić information content (AvgIpc) is 2.65. The van der Waals surface area contributed by atoms with Crippen LogP contribution in [-0.2, 0) is 14.3 Å². The summed E-state index contributed by atoms with van der Waals surface area (Å²) in [6, 6.07) is 0. The van der Waals surface area contributed by atoms with Gasteiger partial charge in [0, 0.05) is 12.3 Å². The number of carbonyl (C=O) groups excluding carboxylic acids is 2. The Morgan fingerprint density at radius 2 is 1.70 bits per heavy atom. The molecule has 2 saturated carbocycles. The van der Waals surface area contributed by atoms with E-state index in [9.17, 15) is 9.59 Å². The van der Waals surface area contributed by atoms with Crippen LogP contribution in [0.4, 0.5) is 0 Å². The molecule has 0 spiro atoms. The first-order chi connectivity index (χ1) is 13.9. The Morgan fingerprint density at radius 1 is 1.00 bits per heavy atom. The second-order valence-electron chi connectivity index (χ2n) is 12.7. The third kappa shape index (κ3) is 4.80. The molecule has 2 aliphatic carbocycles. The zero-order valence-corrected chi connectivity index (χ0v) is 20.6. The molecular weight excluding hydrogens is 372 g/mol. The van der Waals surface area contributed by atoms with E-state index in [0.717, 1.165) is 25.7 Å². The van der Waals surface area contributed by atoms with E-state index in [1.807, 2.05) is 0 Å². The highest BCUT2D eigenvalue weighted by Gasteiger charge is 2.47. The number of hydrogen-bond acceptors (Lipinski definition) is 3. The zero-order chi connectivity index (χ0) is 22.3. The molecule has 30 heavy (non-hydrogen) atoms. The van der Waals surface area contributed by atoms with Crippen LogP contribution in [0.15, 0.2) is 0 Å². The van der Waals surface area contributed by atoms with Crippen molar-refractivity contribution < 1.29 is 14.3 Å². The van der Waals surface area contributed by atoms with Gasteiger partial charge in [-0.2, -0.15) is 0 Å². The summed E-state index contributed by atoms with van der Waals surface area (Å²) in [5.74, 6) is 3.79. The lowest BCUT2D eigenvalue weighted by Gasteiger charge is -2.50. The standard InChI is InChI=1S/C27H46O3/c1-17-12-19-9-8-18(2)23(25(19)20(13-17)16-28)11-10-22-14-21(15-24(29)30-22)27(6,7)26(3,4)5/h16-23,25H,8-15H2,1-7H3/t17?,18-,19?,20?,21+,22?,23-,25?/m0/s1. The van der Waals surface area contributed by atoms with Gasteiger partial charge in [-0.25, -0.2) is 0 Å². The van der Waals surface area contributed by atoms with Gasteiger partial charge in [0.15, 0.2) is 0 Å². The molecule has 1 aliphatic heterocycles. The normalized spacial score (nSPS) is 40.4. The van der Waals surface area contributed by atoms with Crippen LogP contribution < -0.4 is 0 Å². The third-order valence-corrected chi connectivity index (χ3v) is 9.85. The van der Waals surface area contributed by atoms with Gasteiger partial charge in [0.1, 0.15) is 12.4 Å². The van der Waals surface area contributed by atoms with Crippen LogP contribution in [0, 0.1) is 52.3 Å². The zero-order valence-electron chi connectivity index (χ0n) is 20.6. The van der Waals surface area contributed by atoms with Gasteiger partial charge in [-0.1, -0.05) is 54.9 Å². The smallest absolute Gasteiger partial charge is 0.306 e. The number of carbonyl (C=O) groups is 2. The molecule has 3 heteroatoms. The van der Waals surface area contributed by atoms with Crippen LogP contribution in [0.1, 0.15) is 99.8 Å². The highest BCUT2D eigenvalue weighted by Crippen LogP contribution is 2.52. The molecule has 0 radical (unpaired) electrons. The van der Waals surface area contributed by atoms with Crippen molar-refractivity contribution >= 4 is 12.3 Å². The number of cyclic esters (lactones) is 1. The molecule has 5 unspecified atom stereocenters. The summed E-state index contributed by atoms with van der Waals surface area (Å²) in [5, 5.41) is 0. The van der Waals surface area contributed by atoms with Crippen LogP contribution >= 0.6 is 0 Å². The molecule has 0 aromatic rings. The van der Waals surface area contributed by atoms with Crippen molar-refractivity contribution in [2.75, 3.05) is 0 Å². The molecule has 3 nitrogen and oxygen atoms in total. The lowest BCUT2D eigenvalue weighted by Crippen LogP contribution is -2.45. The van der Waals surface area contributed by atoms with Crippen LogP contribution in [0.25, 0.3) is 0 Å². The molecule has 3 aliphatic rings. The van der Waals surface area contributed by atoms with Gasteiger partial charge in [-0.3, -0.25) is 4.79 Å². The first-order valence-corrected chi connectivity index (χ1v) is 12.6. The quantitative estimate of drug-likeness (QED) is 0.369. The van der Waals surface area contributed by atoms with Crippen molar-refractivity contribution in [2.45, 2.75) is 106 Å². The summed E-state index contributed by atoms with van der Waals surface area (Å²) in [7, 11) is 0. The Hall–Kier alpha value is -0.860. The maximum Gasteiger partial charge on any atom is 0.306 e. The van der Waals surface area contributed by atoms with E-state index in [0.29, 0.717) is 41.9 Å². The van der Waals surface area contributed by atoms with Gasteiger partial charge in [-0.05, 0) is 84.9 Å². The predicted molar refractivity (Wildman–Crippen MR) is 122 cm³/mol. The maximum atomic E-state index is 12.5. The second-order valence-corrected chi connectivity index (χ2v) is 12.7. The lowest BCUT2D eigenvalue weighted by atomic mass is 9.55. The van der Waals surface area contributed by atoms with Crippen LogP contribution in [0.3, 0.4) is 0 Å². The van der Waals surface area contributed by atoms with E-state index < -0.39 is 0 Å². The number of rotatable bonds is 5. The summed E-state index contributed by atoms with van der Waals surface area (Å²) in [5.41, 5.74) is 0.247. The Morgan fingerprint density at radius 3 is 2.33 bits per heavy atom. The minimum absolute atomic E-state index is 0.0135. The molecule has 8 atom stereocenters. The topological polar surface area (TPSA) is 43.4 Å². The molecule has 1 heterocycles. The Labute approximate surface area is 185 Å². The van der Waals surface area contributed by atoms with Crippen molar-refractivity contribution in [1.82, 2.24) is 0 Å². The minimum Gasteiger partial charge on any atom is -0.462 e. The molecule has 3 rings (SSSR count). The van der Waals surface area contributed by atoms with Crippen molar-refractivity contribution in [3.8, 4) is 0 Å². The summed E-state index contributed by atoms with van der Waals surface area (Å²) >= 11 is 0. The Balaban J connectivity index is 1.68. The summed E-state index contributed by atoms with van der Waals surface area (Å²) in [6.07, 6.45) is 9.83. The molecule has 0 bridgehead atoms. The van der Waals surface area contributed by atoms with Crippen LogP contribution in [0.2, 0.25) is 0 Å². The van der Waals surface area contributed by atoms with E-state index in [1.165, 1.54) is 25.5 Å². The average molecular weight is 419 g/mol. The number of fused-ring (bicyclic) bond motifs is 1. The molecule has 172 valence electrons. The highest BCUT2D eigenvalue weighted by atomic mass is 16.5. The fourth-order valence-electron chi connectivity index (χ4n) is 7.01. The van der Waals surface area contributed by atoms with E-state index in [-0.39, 0.29) is 28.8 Å². The van der Waals surface area contributed by atoms with E-state index in [1.54, 1.807) is 0 Å². The highest BCUT2D eigenvalue weighted by molar-refractivity contribution is 5.70. The van der Waals surface area contributed by atoms with Crippen LogP contribution in [0.5, 0.6) is 0 Å². The van der Waals surface area contributed by atoms with Crippen molar-refractivity contribution in [2.24, 2.45) is 52.3 Å². The summed E-state index contributed by atoms with van der Waals surface area (Å²) in [6.45, 7) is 16.2. The fourth-order valence-corrected chi connectivity index (χ4v) is 7.01. The van der Waals surface area contributed by atoms with Crippen LogP contribution in [-0.4, -0.2) is 18.4 Å². The monoisotopic (exact) mass is 418 g/mol. The first kappa shape index (κ1) is 23.8. The van der Waals surface area contributed by atoms with Gasteiger partial charge in [0.05, 0.1) is 0 Å². The Kier molecular flexibility index (Phi) is 7.09. The van der Waals surface area contributed by atoms with Gasteiger partial charge >= 0.3 is 5.97 Å². The molecule has 0 N–H and O–H groups in total. The number of ether oxygens (including phenoxy) is 1. The lowest BCUT2D eigenvalue weighted by molar-refractivity contribution is -0.163. The van der Waals surface area contributed by atoms with Gasteiger partial charge in [0.2, 0.25) is 0 Å². The van der Waals surface area contributed by atoms with Crippen molar-refractivity contribution in [1.29, 1.82) is 0 Å². The Bertz CT molecular complexity index is 616. The SMILES string of the molecule is CC1CC(C=O)C2C(CC[C@H](C)[C@@H]2CCC2C[C@@H](C(C)(C)C(C)(C)C)CC(=O)O2)C1. The molecule has 0 aromatic heterocycles. The van der Waals surface area contributed by atoms with Crippen molar-refractivity contribution in [3.05, 3.63) is 0 Å². The molecule has 0 amide bonds. The molecule has 1 saturated heterocycles. The molecular formula is C27H46O3. The van der Waals surface area contributed by atoms with Gasteiger partial charge in [-0.15, -0.1) is 0 Å².